The van der Waals surface area contributed by atoms with Crippen LogP contribution in [0.15, 0.2) is 24.3 Å². The Morgan fingerprint density at radius 2 is 2.33 bits per heavy atom. The molecule has 1 saturated heterocycles. The molecule has 1 aromatic rings. The Hall–Kier alpha value is -1.26. The Morgan fingerprint density at radius 3 is 3.00 bits per heavy atom. The predicted molar refractivity (Wildman–Crippen MR) is 82.5 cm³/mol. The molecule has 1 aliphatic carbocycles. The molecule has 0 spiro atoms. The molecule has 2 fully saturated rings. The molecule has 0 unspecified atom stereocenters. The first kappa shape index (κ1) is 14.7. The summed E-state index contributed by atoms with van der Waals surface area (Å²) in [6.45, 7) is 3.76. The number of benzene rings is 1. The van der Waals surface area contributed by atoms with Crippen molar-refractivity contribution in [3.8, 4) is 0 Å². The lowest BCUT2D eigenvalue weighted by molar-refractivity contribution is 0.114. The number of rotatable bonds is 4. The first-order chi connectivity index (χ1) is 10.1. The molecule has 1 heterocycles. The number of nitrogens with one attached hydrogen (secondary N) is 1. The summed E-state index contributed by atoms with van der Waals surface area (Å²) in [6.07, 6.45) is 3.03. The largest absolute Gasteiger partial charge is 0.450 e. The van der Waals surface area contributed by atoms with Gasteiger partial charge in [0.25, 0.3) is 0 Å². The number of nitrogens with zero attached hydrogens (tertiary/aromatic N) is 1. The van der Waals surface area contributed by atoms with E-state index < -0.39 is 0 Å². The van der Waals surface area contributed by atoms with E-state index in [1.54, 1.807) is 4.90 Å². The molecule has 0 radical (unpaired) electrons. The predicted octanol–water partition coefficient (Wildman–Crippen LogP) is 3.15. The van der Waals surface area contributed by atoms with E-state index in [-0.39, 0.29) is 11.6 Å². The third-order valence-corrected chi connectivity index (χ3v) is 4.56. The molecule has 1 atom stereocenters. The van der Waals surface area contributed by atoms with Gasteiger partial charge in [0, 0.05) is 29.7 Å². The molecule has 1 aromatic carbocycles. The third-order valence-electron chi connectivity index (χ3n) is 4.32. The zero-order chi connectivity index (χ0) is 14.9. The van der Waals surface area contributed by atoms with Gasteiger partial charge >= 0.3 is 6.09 Å². The van der Waals surface area contributed by atoms with Gasteiger partial charge in [0.15, 0.2) is 0 Å². The van der Waals surface area contributed by atoms with Gasteiger partial charge in [-0.1, -0.05) is 23.7 Å². The zero-order valence-electron chi connectivity index (χ0n) is 12.3. The number of carbonyl (C=O) groups is 1. The Kier molecular flexibility index (Phi) is 4.09. The van der Waals surface area contributed by atoms with Crippen molar-refractivity contribution in [1.82, 2.24) is 10.2 Å². The lowest BCUT2D eigenvalue weighted by atomic mass is 10.0. The van der Waals surface area contributed by atoms with E-state index in [0.29, 0.717) is 12.6 Å². The van der Waals surface area contributed by atoms with E-state index in [1.165, 1.54) is 5.56 Å². The second-order valence-corrected chi connectivity index (χ2v) is 6.30. The van der Waals surface area contributed by atoms with Crippen LogP contribution in [0.3, 0.4) is 0 Å². The molecular formula is C16H21ClN2O2. The van der Waals surface area contributed by atoms with Gasteiger partial charge in [0.1, 0.15) is 0 Å². The number of carbonyl (C=O) groups excluding carboxylic acids is 1. The van der Waals surface area contributed by atoms with Crippen LogP contribution in [-0.4, -0.2) is 36.7 Å². The van der Waals surface area contributed by atoms with Crippen LogP contribution in [0, 0.1) is 0 Å². The monoisotopic (exact) mass is 308 g/mol. The van der Waals surface area contributed by atoms with Gasteiger partial charge in [-0.05, 0) is 43.9 Å². The van der Waals surface area contributed by atoms with Crippen molar-refractivity contribution in [3.63, 3.8) is 0 Å². The van der Waals surface area contributed by atoms with Crippen molar-refractivity contribution in [3.05, 3.63) is 34.9 Å². The van der Waals surface area contributed by atoms with Crippen molar-refractivity contribution in [2.75, 3.05) is 19.7 Å². The average Bonchev–Trinajstić information content (AvgIpc) is 3.09. The van der Waals surface area contributed by atoms with Gasteiger partial charge in [-0.2, -0.15) is 0 Å². The maximum atomic E-state index is 11.7. The molecule has 5 heteroatoms. The van der Waals surface area contributed by atoms with Gasteiger partial charge in [-0.15, -0.1) is 0 Å². The Labute approximate surface area is 130 Å². The average molecular weight is 309 g/mol. The van der Waals surface area contributed by atoms with E-state index >= 15 is 0 Å². The summed E-state index contributed by atoms with van der Waals surface area (Å²) >= 11 is 6.10. The summed E-state index contributed by atoms with van der Waals surface area (Å²) in [5.74, 6) is 0. The first-order valence-electron chi connectivity index (χ1n) is 7.58. The molecule has 1 aliphatic heterocycles. The highest BCUT2D eigenvalue weighted by Crippen LogP contribution is 2.46. The Balaban J connectivity index is 1.61. The summed E-state index contributed by atoms with van der Waals surface area (Å²) in [5, 5.41) is 4.51. The number of ether oxygens (including phenoxy) is 1. The van der Waals surface area contributed by atoms with Crippen molar-refractivity contribution in [2.45, 2.75) is 37.8 Å². The molecule has 1 N–H and O–H groups in total. The topological polar surface area (TPSA) is 41.6 Å². The number of hydrogen-bond donors (Lipinski definition) is 1. The van der Waals surface area contributed by atoms with Crippen molar-refractivity contribution in [2.24, 2.45) is 0 Å². The number of amides is 1. The van der Waals surface area contributed by atoms with Gasteiger partial charge in [0.2, 0.25) is 0 Å². The highest BCUT2D eigenvalue weighted by Gasteiger charge is 2.46. The molecule has 3 rings (SSSR count). The zero-order valence-corrected chi connectivity index (χ0v) is 13.0. The molecule has 114 valence electrons. The number of hydrogen-bond acceptors (Lipinski definition) is 3. The molecule has 1 saturated carbocycles. The van der Waals surface area contributed by atoms with Crippen molar-refractivity contribution >= 4 is 17.7 Å². The fraction of sp³-hybridized carbons (Fsp3) is 0.562. The van der Waals surface area contributed by atoms with Crippen LogP contribution in [0.2, 0.25) is 5.02 Å². The number of halogens is 1. The maximum absolute atomic E-state index is 11.7. The molecule has 2 aliphatic rings. The van der Waals surface area contributed by atoms with Crippen molar-refractivity contribution < 1.29 is 9.53 Å². The van der Waals surface area contributed by atoms with Crippen LogP contribution in [0.5, 0.6) is 0 Å². The van der Waals surface area contributed by atoms with E-state index in [9.17, 15) is 4.79 Å². The Morgan fingerprint density at radius 1 is 1.52 bits per heavy atom. The summed E-state index contributed by atoms with van der Waals surface area (Å²) in [5.41, 5.74) is 1.31. The minimum atomic E-state index is -0.200. The van der Waals surface area contributed by atoms with Crippen LogP contribution < -0.4 is 5.32 Å². The quantitative estimate of drug-likeness (QED) is 0.929. The highest BCUT2D eigenvalue weighted by atomic mass is 35.5. The maximum Gasteiger partial charge on any atom is 0.409 e. The van der Waals surface area contributed by atoms with Gasteiger partial charge < -0.3 is 15.0 Å². The molecule has 0 bridgehead atoms. The second kappa shape index (κ2) is 5.85. The SMILES string of the molecule is CCOC(=O)N1CC[C@@H](NC2(c3cccc(Cl)c3)CC2)C1. The van der Waals surface area contributed by atoms with E-state index in [1.807, 2.05) is 25.1 Å². The standard InChI is InChI=1S/C16H21ClN2O2/c1-2-21-15(20)19-9-6-14(11-19)18-16(7-8-16)12-4-3-5-13(17)10-12/h3-5,10,14,18H,2,6-9,11H2,1H3/t14-/m1/s1. The minimum absolute atomic E-state index is 0.0558. The summed E-state index contributed by atoms with van der Waals surface area (Å²) in [7, 11) is 0. The highest BCUT2D eigenvalue weighted by molar-refractivity contribution is 6.30. The van der Waals surface area contributed by atoms with E-state index in [2.05, 4.69) is 11.4 Å². The van der Waals surface area contributed by atoms with E-state index in [0.717, 1.165) is 37.4 Å². The fourth-order valence-electron chi connectivity index (χ4n) is 3.08. The first-order valence-corrected chi connectivity index (χ1v) is 7.96. The minimum Gasteiger partial charge on any atom is -0.450 e. The second-order valence-electron chi connectivity index (χ2n) is 5.87. The van der Waals surface area contributed by atoms with Crippen LogP contribution in [-0.2, 0) is 10.3 Å². The third kappa shape index (κ3) is 3.16. The van der Waals surface area contributed by atoms with Gasteiger partial charge in [0.05, 0.1) is 6.61 Å². The summed E-state index contributed by atoms with van der Waals surface area (Å²) in [6, 6.07) is 8.40. The molecule has 0 aromatic heterocycles. The van der Waals surface area contributed by atoms with Crippen LogP contribution >= 0.6 is 11.6 Å². The van der Waals surface area contributed by atoms with Crippen LogP contribution in [0.1, 0.15) is 31.7 Å². The Bertz CT molecular complexity index is 531. The number of likely N-dealkylation sites (tertiary alicyclic amines) is 1. The molecule has 1 amide bonds. The molecular weight excluding hydrogens is 288 g/mol. The normalized spacial score (nSPS) is 23.1. The van der Waals surface area contributed by atoms with Gasteiger partial charge in [-0.3, -0.25) is 0 Å². The van der Waals surface area contributed by atoms with Crippen LogP contribution in [0.4, 0.5) is 4.79 Å². The molecule has 4 nitrogen and oxygen atoms in total. The summed E-state index contributed by atoms with van der Waals surface area (Å²) < 4.78 is 5.06. The smallest absolute Gasteiger partial charge is 0.409 e. The lowest BCUT2D eigenvalue weighted by Crippen LogP contribution is -2.41. The lowest BCUT2D eigenvalue weighted by Gasteiger charge is -2.23. The van der Waals surface area contributed by atoms with Crippen molar-refractivity contribution in [1.29, 1.82) is 0 Å². The fourth-order valence-corrected chi connectivity index (χ4v) is 3.27. The van der Waals surface area contributed by atoms with Gasteiger partial charge in [-0.25, -0.2) is 4.79 Å². The molecule has 21 heavy (non-hydrogen) atoms. The summed E-state index contributed by atoms with van der Waals surface area (Å²) in [4.78, 5) is 13.5. The van der Waals surface area contributed by atoms with Crippen LogP contribution in [0.25, 0.3) is 0 Å². The van der Waals surface area contributed by atoms with E-state index in [4.69, 9.17) is 16.3 Å².